The number of fused-ring (bicyclic) bond motifs is 2. The summed E-state index contributed by atoms with van der Waals surface area (Å²) in [4.78, 5) is 68.4. The molecule has 1 aliphatic rings. The molecular formula is C42H48N10O9S. The van der Waals surface area contributed by atoms with Gasteiger partial charge in [-0.25, -0.2) is 24.5 Å². The van der Waals surface area contributed by atoms with E-state index in [9.17, 15) is 29.4 Å². The van der Waals surface area contributed by atoms with Gasteiger partial charge in [0, 0.05) is 39.3 Å². The van der Waals surface area contributed by atoms with E-state index in [0.717, 1.165) is 24.6 Å². The second-order valence-corrected chi connectivity index (χ2v) is 15.7. The molecule has 19 nitrogen and oxygen atoms in total. The van der Waals surface area contributed by atoms with Gasteiger partial charge in [0.2, 0.25) is 11.9 Å². The molecule has 2 aromatic carbocycles. The molecule has 0 spiro atoms. The molecule has 4 N–H and O–H groups in total. The number of benzene rings is 2. The number of carbonyl (C=O) groups is 4. The second kappa shape index (κ2) is 19.0. The summed E-state index contributed by atoms with van der Waals surface area (Å²) >= 11 is 1.27. The van der Waals surface area contributed by atoms with Gasteiger partial charge < -0.3 is 33.6 Å². The number of carboxylic acid groups (broad SMARTS) is 2. The molecule has 0 saturated carbocycles. The third-order valence-electron chi connectivity index (χ3n) is 10.3. The predicted molar refractivity (Wildman–Crippen MR) is 231 cm³/mol. The summed E-state index contributed by atoms with van der Waals surface area (Å²) in [7, 11) is 1.42. The first-order valence-electron chi connectivity index (χ1n) is 20.2. The minimum Gasteiger partial charge on any atom is -0.494 e. The Bertz CT molecular complexity index is 2690. The molecule has 4 aromatic heterocycles. The van der Waals surface area contributed by atoms with Crippen LogP contribution in [0.15, 0.2) is 42.5 Å². The summed E-state index contributed by atoms with van der Waals surface area (Å²) in [5, 5.41) is 30.9. The second-order valence-electron chi connectivity index (χ2n) is 14.5. The van der Waals surface area contributed by atoms with Gasteiger partial charge in [0.05, 0.1) is 65.5 Å². The number of allylic oxidation sites excluding steroid dienone is 2. The number of aromatic nitrogens is 7. The van der Waals surface area contributed by atoms with Gasteiger partial charge in [-0.1, -0.05) is 19.1 Å². The lowest BCUT2D eigenvalue weighted by Crippen LogP contribution is -2.37. The average Bonchev–Trinajstić information content (AvgIpc) is 4.03. The minimum atomic E-state index is -1.17. The fourth-order valence-electron chi connectivity index (χ4n) is 7.35. The third kappa shape index (κ3) is 9.31. The molecule has 20 heteroatoms. The standard InChI is InChI=1S/C42H48N10O9S/c1-6-28-36(62-25(4)43-28)38(54)47-42-44-29-20-26(39(55)56)22-32(59-5)34(29)50(42)12-8-9-13-51-35-30(45-41(51)46-37(53)31-19-24(3)48-52(31)7-2)21-27(40(57)58)23-33(35)61-16-10-11-49-14-17-60-18-15-49/h8-9,19-23H,6-7,10-18H2,1-5H3,(H,55,56)(H,57,58)(H,44,47,54)(H,45,46,53)/b9-8+. The monoisotopic (exact) mass is 868 g/mol. The molecule has 1 saturated heterocycles. The number of hydrogen-bond donors (Lipinski definition) is 4. The lowest BCUT2D eigenvalue weighted by Gasteiger charge is -2.26. The van der Waals surface area contributed by atoms with E-state index in [1.807, 2.05) is 32.9 Å². The number of aromatic carboxylic acids is 2. The molecule has 0 unspecified atom stereocenters. The van der Waals surface area contributed by atoms with Gasteiger partial charge in [0.1, 0.15) is 33.1 Å². The Morgan fingerprint density at radius 1 is 0.839 bits per heavy atom. The van der Waals surface area contributed by atoms with Crippen LogP contribution in [0.3, 0.4) is 0 Å². The summed E-state index contributed by atoms with van der Waals surface area (Å²) in [5.41, 5.74) is 3.08. The number of ether oxygens (including phenoxy) is 3. The van der Waals surface area contributed by atoms with E-state index in [1.165, 1.54) is 42.7 Å². The summed E-state index contributed by atoms with van der Waals surface area (Å²) in [6.07, 6.45) is 4.86. The van der Waals surface area contributed by atoms with Crippen LogP contribution in [-0.2, 0) is 30.8 Å². The van der Waals surface area contributed by atoms with Crippen molar-refractivity contribution < 1.29 is 43.6 Å². The summed E-state index contributed by atoms with van der Waals surface area (Å²) in [6.45, 7) is 12.2. The molecule has 1 fully saturated rings. The van der Waals surface area contributed by atoms with Crippen LogP contribution in [-0.4, -0.2) is 119 Å². The van der Waals surface area contributed by atoms with Crippen LogP contribution in [0.1, 0.15) is 77.5 Å². The Balaban J connectivity index is 1.25. The highest BCUT2D eigenvalue weighted by atomic mass is 32.1. The predicted octanol–water partition coefficient (Wildman–Crippen LogP) is 5.51. The molecule has 6 aromatic rings. The molecule has 0 bridgehead atoms. The Morgan fingerprint density at radius 3 is 2.02 bits per heavy atom. The number of morpholine rings is 1. The number of nitrogens with one attached hydrogen (secondary N) is 2. The van der Waals surface area contributed by atoms with E-state index in [2.05, 4.69) is 30.6 Å². The smallest absolute Gasteiger partial charge is 0.335 e. The van der Waals surface area contributed by atoms with E-state index >= 15 is 0 Å². The van der Waals surface area contributed by atoms with Crippen LogP contribution >= 0.6 is 11.3 Å². The van der Waals surface area contributed by atoms with Crippen molar-refractivity contribution in [1.29, 1.82) is 0 Å². The van der Waals surface area contributed by atoms with Gasteiger partial charge in [0.15, 0.2) is 0 Å². The maximum Gasteiger partial charge on any atom is 0.335 e. The van der Waals surface area contributed by atoms with Crippen molar-refractivity contribution in [2.75, 3.05) is 57.2 Å². The number of hydrogen-bond acceptors (Lipinski definition) is 13. The Hall–Kier alpha value is -6.64. The summed E-state index contributed by atoms with van der Waals surface area (Å²) < 4.78 is 22.5. The van der Waals surface area contributed by atoms with Crippen molar-refractivity contribution in [2.24, 2.45) is 0 Å². The van der Waals surface area contributed by atoms with E-state index in [0.29, 0.717) is 83.2 Å². The largest absolute Gasteiger partial charge is 0.494 e. The minimum absolute atomic E-state index is 0.0282. The molecule has 0 aliphatic carbocycles. The summed E-state index contributed by atoms with van der Waals surface area (Å²) in [6, 6.07) is 7.38. The highest BCUT2D eigenvalue weighted by Crippen LogP contribution is 2.33. The molecule has 326 valence electrons. The van der Waals surface area contributed by atoms with Crippen LogP contribution < -0.4 is 20.1 Å². The lowest BCUT2D eigenvalue weighted by molar-refractivity contribution is 0.0358. The van der Waals surface area contributed by atoms with Crippen molar-refractivity contribution in [2.45, 2.75) is 60.2 Å². The van der Waals surface area contributed by atoms with Gasteiger partial charge in [-0.05, 0) is 63.9 Å². The molecule has 2 amide bonds. The van der Waals surface area contributed by atoms with Crippen LogP contribution in [0.2, 0.25) is 0 Å². The quantitative estimate of drug-likeness (QED) is 0.0617. The van der Waals surface area contributed by atoms with Gasteiger partial charge in [-0.3, -0.25) is 29.8 Å². The number of nitrogens with zero attached hydrogens (tertiary/aromatic N) is 8. The zero-order valence-electron chi connectivity index (χ0n) is 35.1. The number of aryl methyl sites for hydroxylation is 4. The topological polar surface area (TPSA) is 230 Å². The molecule has 0 radical (unpaired) electrons. The van der Waals surface area contributed by atoms with Gasteiger partial charge in [-0.15, -0.1) is 11.3 Å². The number of amides is 2. The third-order valence-corrected chi connectivity index (χ3v) is 11.3. The van der Waals surface area contributed by atoms with Crippen LogP contribution in [0, 0.1) is 13.8 Å². The van der Waals surface area contributed by atoms with Gasteiger partial charge in [0.25, 0.3) is 11.8 Å². The number of thiazole rings is 1. The Morgan fingerprint density at radius 2 is 1.44 bits per heavy atom. The highest BCUT2D eigenvalue weighted by molar-refractivity contribution is 7.13. The Kier molecular flexibility index (Phi) is 13.3. The fourth-order valence-corrected chi connectivity index (χ4v) is 8.26. The van der Waals surface area contributed by atoms with Crippen LogP contribution in [0.25, 0.3) is 22.1 Å². The van der Waals surface area contributed by atoms with Crippen molar-refractivity contribution in [3.8, 4) is 11.5 Å². The molecule has 1 aliphatic heterocycles. The number of methoxy groups -OCH3 is 1. The van der Waals surface area contributed by atoms with Crippen LogP contribution in [0.4, 0.5) is 11.9 Å². The maximum atomic E-state index is 13.8. The van der Waals surface area contributed by atoms with Gasteiger partial charge >= 0.3 is 11.9 Å². The number of carboxylic acids is 2. The molecular weight excluding hydrogens is 821 g/mol. The first kappa shape index (κ1) is 43.4. The van der Waals surface area contributed by atoms with E-state index in [-0.39, 0.29) is 47.6 Å². The fraction of sp³-hybridized carbons (Fsp3) is 0.381. The molecule has 7 rings (SSSR count). The number of carbonyl (C=O) groups excluding carboxylic acids is 2. The zero-order valence-corrected chi connectivity index (χ0v) is 35.9. The molecule has 5 heterocycles. The number of imidazole rings is 2. The molecule has 62 heavy (non-hydrogen) atoms. The first-order valence-corrected chi connectivity index (χ1v) is 21.0. The normalized spacial score (nSPS) is 13.3. The number of rotatable bonds is 18. The lowest BCUT2D eigenvalue weighted by atomic mass is 10.2. The van der Waals surface area contributed by atoms with Gasteiger partial charge in [-0.2, -0.15) is 5.10 Å². The SMILES string of the molecule is CCc1nc(C)sc1C(=O)Nc1nc2cc(C(=O)O)cc(OC)c2n1C/C=C/Cn1c(NC(=O)c2cc(C)nn2CC)nc2cc(C(=O)O)cc(OCCCN3CCOCC3)c21. The average molecular weight is 869 g/mol. The van der Waals surface area contributed by atoms with E-state index < -0.39 is 23.8 Å². The van der Waals surface area contributed by atoms with E-state index in [1.54, 1.807) is 26.8 Å². The summed E-state index contributed by atoms with van der Waals surface area (Å²) in [5.74, 6) is -2.38. The first-order chi connectivity index (χ1) is 29.9. The van der Waals surface area contributed by atoms with Crippen molar-refractivity contribution in [3.63, 3.8) is 0 Å². The Labute approximate surface area is 359 Å². The molecule has 0 atom stereocenters. The maximum absolute atomic E-state index is 13.8. The zero-order chi connectivity index (χ0) is 44.1. The van der Waals surface area contributed by atoms with Crippen molar-refractivity contribution in [3.05, 3.63) is 80.6 Å². The highest BCUT2D eigenvalue weighted by Gasteiger charge is 2.24. The van der Waals surface area contributed by atoms with Crippen molar-refractivity contribution >= 4 is 69.1 Å². The van der Waals surface area contributed by atoms with Crippen molar-refractivity contribution in [1.82, 2.24) is 38.8 Å². The number of anilines is 2. The van der Waals surface area contributed by atoms with E-state index in [4.69, 9.17) is 19.2 Å². The van der Waals surface area contributed by atoms with Crippen LogP contribution in [0.5, 0.6) is 11.5 Å².